The monoisotopic (exact) mass is 223 g/mol. The zero-order chi connectivity index (χ0) is 10.9. The van der Waals surface area contributed by atoms with Crippen LogP contribution >= 0.6 is 11.6 Å². The molecule has 0 atom stereocenters. The minimum absolute atomic E-state index is 0.243. The van der Waals surface area contributed by atoms with Crippen LogP contribution in [-0.2, 0) is 6.18 Å². The highest BCUT2D eigenvalue weighted by Gasteiger charge is 2.37. The molecule has 0 aliphatic rings. The van der Waals surface area contributed by atoms with Crippen molar-refractivity contribution < 1.29 is 17.6 Å². The van der Waals surface area contributed by atoms with Crippen molar-refractivity contribution in [1.82, 2.24) is 0 Å². The number of hydrogen-bond donors (Lipinski definition) is 0. The summed E-state index contributed by atoms with van der Waals surface area (Å²) in [6.07, 6.45) is -4.89. The fourth-order valence-corrected chi connectivity index (χ4v) is 1.15. The normalized spacial score (nSPS) is 11.1. The second kappa shape index (κ2) is 3.46. The van der Waals surface area contributed by atoms with Crippen LogP contribution < -0.4 is 0 Å². The van der Waals surface area contributed by atoms with Gasteiger partial charge in [-0.3, -0.25) is 0 Å². The number of nitriles is 1. The molecule has 0 saturated heterocycles. The summed E-state index contributed by atoms with van der Waals surface area (Å²) in [5, 5.41) is 8.11. The molecule has 6 heteroatoms. The Morgan fingerprint density at radius 2 is 1.86 bits per heavy atom. The SMILES string of the molecule is N#Cc1cc(Cl)cc(F)c1C(F)(F)F. The second-order valence-electron chi connectivity index (χ2n) is 2.42. The molecule has 0 aromatic heterocycles. The minimum atomic E-state index is -4.89. The molecule has 0 bridgehead atoms. The van der Waals surface area contributed by atoms with E-state index in [0.717, 1.165) is 6.07 Å². The summed E-state index contributed by atoms with van der Waals surface area (Å²) < 4.78 is 49.4. The van der Waals surface area contributed by atoms with Crippen molar-refractivity contribution in [3.63, 3.8) is 0 Å². The van der Waals surface area contributed by atoms with Gasteiger partial charge in [-0.15, -0.1) is 0 Å². The van der Waals surface area contributed by atoms with E-state index in [1.165, 1.54) is 6.07 Å². The molecule has 0 amide bonds. The smallest absolute Gasteiger partial charge is 0.206 e. The van der Waals surface area contributed by atoms with Gasteiger partial charge in [0.05, 0.1) is 11.6 Å². The van der Waals surface area contributed by atoms with Crippen molar-refractivity contribution in [2.24, 2.45) is 0 Å². The van der Waals surface area contributed by atoms with Gasteiger partial charge < -0.3 is 0 Å². The Bertz CT molecular complexity index is 405. The van der Waals surface area contributed by atoms with Gasteiger partial charge in [-0.2, -0.15) is 18.4 Å². The summed E-state index contributed by atoms with van der Waals surface area (Å²) in [5.41, 5.74) is -2.40. The van der Waals surface area contributed by atoms with Crippen LogP contribution in [0.4, 0.5) is 17.6 Å². The summed E-state index contributed by atoms with van der Waals surface area (Å²) in [5.74, 6) is -1.54. The molecule has 0 fully saturated rings. The van der Waals surface area contributed by atoms with Gasteiger partial charge in [0.15, 0.2) is 0 Å². The zero-order valence-electron chi connectivity index (χ0n) is 6.49. The van der Waals surface area contributed by atoms with E-state index in [1.54, 1.807) is 0 Å². The topological polar surface area (TPSA) is 23.8 Å². The molecule has 0 N–H and O–H groups in total. The summed E-state index contributed by atoms with van der Waals surface area (Å²) in [6, 6.07) is 2.53. The molecule has 1 aromatic carbocycles. The first-order valence-corrected chi connectivity index (χ1v) is 3.70. The van der Waals surface area contributed by atoms with Crippen LogP contribution in [0.25, 0.3) is 0 Å². The molecule has 0 heterocycles. The predicted octanol–water partition coefficient (Wildman–Crippen LogP) is 3.37. The lowest BCUT2D eigenvalue weighted by Crippen LogP contribution is -2.10. The fraction of sp³-hybridized carbons (Fsp3) is 0.125. The third-order valence-corrected chi connectivity index (χ3v) is 1.68. The van der Waals surface area contributed by atoms with Gasteiger partial charge in [-0.25, -0.2) is 4.39 Å². The Balaban J connectivity index is 3.51. The number of rotatable bonds is 0. The zero-order valence-corrected chi connectivity index (χ0v) is 7.25. The molecule has 0 unspecified atom stereocenters. The molecule has 0 radical (unpaired) electrons. The molecule has 1 rings (SSSR count). The van der Waals surface area contributed by atoms with E-state index in [2.05, 4.69) is 0 Å². The van der Waals surface area contributed by atoms with Crippen molar-refractivity contribution in [2.45, 2.75) is 6.18 Å². The van der Waals surface area contributed by atoms with Crippen molar-refractivity contribution in [1.29, 1.82) is 5.26 Å². The average molecular weight is 224 g/mol. The predicted molar refractivity (Wildman–Crippen MR) is 41.1 cm³/mol. The van der Waals surface area contributed by atoms with Gasteiger partial charge in [0, 0.05) is 5.02 Å². The summed E-state index contributed by atoms with van der Waals surface area (Å²) in [6.45, 7) is 0. The molecular formula is C8H2ClF4N. The first-order valence-electron chi connectivity index (χ1n) is 3.32. The molecule has 0 spiro atoms. The van der Waals surface area contributed by atoms with E-state index in [1.807, 2.05) is 0 Å². The van der Waals surface area contributed by atoms with E-state index in [9.17, 15) is 17.6 Å². The van der Waals surface area contributed by atoms with E-state index in [-0.39, 0.29) is 5.02 Å². The first-order chi connectivity index (χ1) is 6.36. The summed E-state index contributed by atoms with van der Waals surface area (Å²) >= 11 is 5.29. The largest absolute Gasteiger partial charge is 0.420 e. The first kappa shape index (κ1) is 10.8. The maximum absolute atomic E-state index is 12.8. The Kier molecular flexibility index (Phi) is 2.67. The molecule has 0 aliphatic carbocycles. The van der Waals surface area contributed by atoms with Crippen LogP contribution in [0, 0.1) is 17.1 Å². The lowest BCUT2D eigenvalue weighted by atomic mass is 10.1. The summed E-state index contributed by atoms with van der Waals surface area (Å²) in [7, 11) is 0. The van der Waals surface area contributed by atoms with Crippen molar-refractivity contribution in [2.75, 3.05) is 0 Å². The van der Waals surface area contributed by atoms with Crippen molar-refractivity contribution in [3.05, 3.63) is 34.1 Å². The lowest BCUT2D eigenvalue weighted by Gasteiger charge is -2.09. The molecule has 74 valence electrons. The fourth-order valence-electron chi connectivity index (χ4n) is 0.950. The van der Waals surface area contributed by atoms with Crippen LogP contribution in [0.5, 0.6) is 0 Å². The Hall–Kier alpha value is -1.28. The Morgan fingerprint density at radius 1 is 1.29 bits per heavy atom. The number of benzene rings is 1. The number of nitrogens with zero attached hydrogens (tertiary/aromatic N) is 1. The molecular weight excluding hydrogens is 222 g/mol. The second-order valence-corrected chi connectivity index (χ2v) is 2.86. The van der Waals surface area contributed by atoms with Crippen LogP contribution in [0.2, 0.25) is 5.02 Å². The highest BCUT2D eigenvalue weighted by molar-refractivity contribution is 6.30. The van der Waals surface area contributed by atoms with Crippen LogP contribution in [0.15, 0.2) is 12.1 Å². The Labute approximate surface area is 81.5 Å². The third kappa shape index (κ3) is 1.96. The van der Waals surface area contributed by atoms with Gasteiger partial charge in [0.2, 0.25) is 0 Å². The van der Waals surface area contributed by atoms with Gasteiger partial charge in [-0.05, 0) is 12.1 Å². The number of hydrogen-bond acceptors (Lipinski definition) is 1. The quantitative estimate of drug-likeness (QED) is 0.619. The van der Waals surface area contributed by atoms with E-state index in [4.69, 9.17) is 16.9 Å². The minimum Gasteiger partial charge on any atom is -0.206 e. The van der Waals surface area contributed by atoms with E-state index < -0.39 is 23.1 Å². The number of alkyl halides is 3. The lowest BCUT2D eigenvalue weighted by molar-refractivity contribution is -0.140. The molecule has 0 saturated carbocycles. The molecule has 0 aliphatic heterocycles. The molecule has 1 aromatic rings. The van der Waals surface area contributed by atoms with Gasteiger partial charge in [0.25, 0.3) is 0 Å². The van der Waals surface area contributed by atoms with Crippen LogP contribution in [-0.4, -0.2) is 0 Å². The maximum Gasteiger partial charge on any atom is 0.420 e. The highest BCUT2D eigenvalue weighted by Crippen LogP contribution is 2.35. The Morgan fingerprint density at radius 3 is 2.29 bits per heavy atom. The molecule has 14 heavy (non-hydrogen) atoms. The highest BCUT2D eigenvalue weighted by atomic mass is 35.5. The van der Waals surface area contributed by atoms with Gasteiger partial charge in [-0.1, -0.05) is 11.6 Å². The third-order valence-electron chi connectivity index (χ3n) is 1.46. The van der Waals surface area contributed by atoms with Gasteiger partial charge in [0.1, 0.15) is 11.4 Å². The van der Waals surface area contributed by atoms with Crippen molar-refractivity contribution >= 4 is 11.6 Å². The molecule has 1 nitrogen and oxygen atoms in total. The standard InChI is InChI=1S/C8H2ClF4N/c9-5-1-4(3-14)7(6(10)2-5)8(11,12)13/h1-2H. The van der Waals surface area contributed by atoms with E-state index >= 15 is 0 Å². The maximum atomic E-state index is 12.8. The van der Waals surface area contributed by atoms with E-state index in [0.29, 0.717) is 6.07 Å². The van der Waals surface area contributed by atoms with Gasteiger partial charge >= 0.3 is 6.18 Å². The average Bonchev–Trinajstić information content (AvgIpc) is 1.99. The summed E-state index contributed by atoms with van der Waals surface area (Å²) in [4.78, 5) is 0. The van der Waals surface area contributed by atoms with Crippen LogP contribution in [0.1, 0.15) is 11.1 Å². The number of halogens is 5. The van der Waals surface area contributed by atoms with Crippen LogP contribution in [0.3, 0.4) is 0 Å². The van der Waals surface area contributed by atoms with Crippen molar-refractivity contribution in [3.8, 4) is 6.07 Å².